The summed E-state index contributed by atoms with van der Waals surface area (Å²) in [6, 6.07) is 13.2. The Morgan fingerprint density at radius 1 is 1.03 bits per heavy atom. The number of aromatic nitrogens is 3. The third-order valence-corrected chi connectivity index (χ3v) is 6.14. The molecule has 30 heavy (non-hydrogen) atoms. The van der Waals surface area contributed by atoms with Gasteiger partial charge < -0.3 is 15.5 Å². The van der Waals surface area contributed by atoms with E-state index in [1.54, 1.807) is 12.1 Å². The number of nitrogens with zero attached hydrogens (tertiary/aromatic N) is 4. The molecule has 0 saturated heterocycles. The van der Waals surface area contributed by atoms with Gasteiger partial charge in [0, 0.05) is 22.3 Å². The predicted molar refractivity (Wildman–Crippen MR) is 130 cm³/mol. The van der Waals surface area contributed by atoms with Crippen molar-refractivity contribution in [1.82, 2.24) is 19.9 Å². The first-order valence-corrected chi connectivity index (χ1v) is 11.6. The lowest BCUT2D eigenvalue weighted by molar-refractivity contribution is 0.402. The minimum atomic E-state index is -0.205. The number of fused-ring (bicyclic) bond motifs is 1. The van der Waals surface area contributed by atoms with Gasteiger partial charge in [0.2, 0.25) is 0 Å². The fourth-order valence-electron chi connectivity index (χ4n) is 2.97. The van der Waals surface area contributed by atoms with Crippen molar-refractivity contribution < 1.29 is 4.39 Å². The predicted octanol–water partition coefficient (Wildman–Crippen LogP) is 5.71. The minimum Gasteiger partial charge on any atom is -0.339 e. The third-order valence-electron chi connectivity index (χ3n) is 4.35. The van der Waals surface area contributed by atoms with Crippen LogP contribution in [0.5, 0.6) is 0 Å². The Labute approximate surface area is 191 Å². The molecule has 154 valence electrons. The second kappa shape index (κ2) is 9.19. The van der Waals surface area contributed by atoms with Gasteiger partial charge in [-0.25, -0.2) is 14.4 Å². The monoisotopic (exact) mass is 534 g/mol. The highest BCUT2D eigenvalue weighted by molar-refractivity contribution is 14.1. The van der Waals surface area contributed by atoms with Crippen molar-refractivity contribution in [2.45, 2.75) is 11.0 Å². The quantitative estimate of drug-likeness (QED) is 0.234. The standard InChI is InChI=1S/C21H20FIN6S/c1-29(2)11-13-3-5-15(6-4-13)27-21-28-20-18(30-21)19(24-12-25-20)26-16-7-8-17(22)14(9-16)10-23/h3-9,12H,10-11H2,1-2H3,(H2,24,25,26,27,28). The van der Waals surface area contributed by atoms with Crippen molar-refractivity contribution in [3.05, 3.63) is 65.7 Å². The smallest absolute Gasteiger partial charge is 0.189 e. The van der Waals surface area contributed by atoms with E-state index in [0.29, 0.717) is 21.5 Å². The van der Waals surface area contributed by atoms with Crippen LogP contribution in [-0.2, 0) is 11.0 Å². The number of alkyl halides is 1. The van der Waals surface area contributed by atoms with Crippen LogP contribution in [0.25, 0.3) is 10.3 Å². The van der Waals surface area contributed by atoms with Crippen LogP contribution in [-0.4, -0.2) is 33.9 Å². The highest BCUT2D eigenvalue weighted by atomic mass is 127. The molecule has 2 aromatic carbocycles. The van der Waals surface area contributed by atoms with Crippen LogP contribution in [0, 0.1) is 5.82 Å². The number of hydrogen-bond donors (Lipinski definition) is 2. The Kier molecular flexibility index (Phi) is 6.40. The molecule has 4 aromatic rings. The summed E-state index contributed by atoms with van der Waals surface area (Å²) in [4.78, 5) is 15.3. The Bertz CT molecular complexity index is 1160. The number of hydrogen-bond acceptors (Lipinski definition) is 7. The zero-order valence-electron chi connectivity index (χ0n) is 16.5. The molecule has 6 nitrogen and oxygen atoms in total. The molecule has 0 radical (unpaired) electrons. The molecule has 0 amide bonds. The summed E-state index contributed by atoms with van der Waals surface area (Å²) in [5.41, 5.74) is 4.25. The van der Waals surface area contributed by atoms with E-state index in [1.807, 2.05) is 12.1 Å². The van der Waals surface area contributed by atoms with E-state index in [1.165, 1.54) is 29.3 Å². The first-order valence-electron chi connectivity index (χ1n) is 9.25. The van der Waals surface area contributed by atoms with Gasteiger partial charge in [0.15, 0.2) is 16.6 Å². The van der Waals surface area contributed by atoms with E-state index >= 15 is 0 Å². The van der Waals surface area contributed by atoms with Gasteiger partial charge in [-0.15, -0.1) is 0 Å². The van der Waals surface area contributed by atoms with Crippen LogP contribution in [0.15, 0.2) is 48.8 Å². The largest absolute Gasteiger partial charge is 0.339 e. The molecule has 0 aliphatic heterocycles. The Hall–Kier alpha value is -2.37. The maximum Gasteiger partial charge on any atom is 0.189 e. The van der Waals surface area contributed by atoms with Crippen LogP contribution < -0.4 is 10.6 Å². The van der Waals surface area contributed by atoms with Crippen molar-refractivity contribution in [3.63, 3.8) is 0 Å². The van der Waals surface area contributed by atoms with Crippen LogP contribution in [0.3, 0.4) is 0 Å². The molecule has 2 heterocycles. The second-order valence-corrected chi connectivity index (χ2v) is 8.78. The van der Waals surface area contributed by atoms with Gasteiger partial charge in [0.25, 0.3) is 0 Å². The highest BCUT2D eigenvalue weighted by Crippen LogP contribution is 2.33. The van der Waals surface area contributed by atoms with E-state index in [-0.39, 0.29) is 5.82 Å². The number of benzene rings is 2. The maximum atomic E-state index is 13.8. The topological polar surface area (TPSA) is 66.0 Å². The SMILES string of the molecule is CN(C)Cc1ccc(Nc2nc3ncnc(Nc4ccc(F)c(CI)c4)c3s2)cc1. The molecule has 0 unspecified atom stereocenters. The molecule has 0 aliphatic rings. The van der Waals surface area contributed by atoms with Gasteiger partial charge in [-0.05, 0) is 55.6 Å². The van der Waals surface area contributed by atoms with Crippen molar-refractivity contribution in [1.29, 1.82) is 0 Å². The molecule has 0 atom stereocenters. The Morgan fingerprint density at radius 2 is 1.80 bits per heavy atom. The zero-order valence-corrected chi connectivity index (χ0v) is 19.5. The lowest BCUT2D eigenvalue weighted by atomic mass is 10.2. The minimum absolute atomic E-state index is 0.205. The first kappa shape index (κ1) is 20.9. The molecule has 2 N–H and O–H groups in total. The summed E-state index contributed by atoms with van der Waals surface area (Å²) in [5, 5.41) is 7.34. The van der Waals surface area contributed by atoms with E-state index in [4.69, 9.17) is 0 Å². The molecule has 0 aliphatic carbocycles. The van der Waals surface area contributed by atoms with E-state index in [2.05, 4.69) is 79.3 Å². The summed E-state index contributed by atoms with van der Waals surface area (Å²) in [6.07, 6.45) is 1.48. The van der Waals surface area contributed by atoms with Gasteiger partial charge in [-0.2, -0.15) is 4.98 Å². The summed E-state index contributed by atoms with van der Waals surface area (Å²) in [6.45, 7) is 0.898. The summed E-state index contributed by atoms with van der Waals surface area (Å²) in [7, 11) is 4.10. The van der Waals surface area contributed by atoms with Gasteiger partial charge >= 0.3 is 0 Å². The normalized spacial score (nSPS) is 11.2. The van der Waals surface area contributed by atoms with Crippen molar-refractivity contribution in [2.75, 3.05) is 24.7 Å². The Balaban J connectivity index is 1.56. The zero-order chi connectivity index (χ0) is 21.1. The lowest BCUT2D eigenvalue weighted by Crippen LogP contribution is -2.10. The van der Waals surface area contributed by atoms with E-state index < -0.39 is 0 Å². The number of thiazole rings is 1. The maximum absolute atomic E-state index is 13.8. The average molecular weight is 534 g/mol. The second-order valence-electron chi connectivity index (χ2n) is 7.02. The van der Waals surface area contributed by atoms with Gasteiger partial charge in [-0.1, -0.05) is 46.1 Å². The van der Waals surface area contributed by atoms with Gasteiger partial charge in [0.05, 0.1) is 0 Å². The van der Waals surface area contributed by atoms with Crippen LogP contribution >= 0.6 is 33.9 Å². The molecule has 2 aromatic heterocycles. The number of nitrogens with one attached hydrogen (secondary N) is 2. The highest BCUT2D eigenvalue weighted by Gasteiger charge is 2.12. The fraction of sp³-hybridized carbons (Fsp3) is 0.190. The van der Waals surface area contributed by atoms with Crippen molar-refractivity contribution >= 4 is 66.6 Å². The molecule has 0 spiro atoms. The number of anilines is 4. The molecule has 0 bridgehead atoms. The summed E-state index contributed by atoms with van der Waals surface area (Å²) >= 11 is 3.62. The average Bonchev–Trinajstić information content (AvgIpc) is 3.14. The first-order chi connectivity index (χ1) is 14.5. The fourth-order valence-corrected chi connectivity index (χ4v) is 4.44. The van der Waals surface area contributed by atoms with Gasteiger partial charge in [-0.3, -0.25) is 0 Å². The number of rotatable bonds is 7. The lowest BCUT2D eigenvalue weighted by Gasteiger charge is -2.10. The molecular formula is C21H20FIN6S. The Morgan fingerprint density at radius 3 is 2.53 bits per heavy atom. The third kappa shape index (κ3) is 4.85. The number of halogens is 2. The molecule has 4 rings (SSSR count). The van der Waals surface area contributed by atoms with Crippen LogP contribution in [0.1, 0.15) is 11.1 Å². The molecule has 0 fully saturated rings. The van der Waals surface area contributed by atoms with Gasteiger partial charge in [0.1, 0.15) is 16.8 Å². The summed E-state index contributed by atoms with van der Waals surface area (Å²) in [5.74, 6) is 0.446. The van der Waals surface area contributed by atoms with Crippen LogP contribution in [0.4, 0.5) is 26.7 Å². The van der Waals surface area contributed by atoms with Crippen molar-refractivity contribution in [2.24, 2.45) is 0 Å². The molecule has 9 heteroatoms. The molecule has 0 saturated carbocycles. The van der Waals surface area contributed by atoms with Crippen molar-refractivity contribution in [3.8, 4) is 0 Å². The molecular weight excluding hydrogens is 514 g/mol. The van der Waals surface area contributed by atoms with E-state index in [9.17, 15) is 4.39 Å². The summed E-state index contributed by atoms with van der Waals surface area (Å²) < 4.78 is 15.2. The van der Waals surface area contributed by atoms with Crippen LogP contribution in [0.2, 0.25) is 0 Å². The van der Waals surface area contributed by atoms with E-state index in [0.717, 1.165) is 27.8 Å².